The van der Waals surface area contributed by atoms with E-state index in [4.69, 9.17) is 6.42 Å². The number of rotatable bonds is 5. The van der Waals surface area contributed by atoms with Gasteiger partial charge >= 0.3 is 0 Å². The molecular weight excluding hydrogens is 349 g/mol. The molecule has 1 N–H and O–H groups in total. The summed E-state index contributed by atoms with van der Waals surface area (Å²) >= 11 is 1.42. The molecule has 1 amide bonds. The Balaban J connectivity index is 1.63. The highest BCUT2D eigenvalue weighted by molar-refractivity contribution is 7.15. The van der Waals surface area contributed by atoms with Gasteiger partial charge in [-0.25, -0.2) is 9.37 Å². The van der Waals surface area contributed by atoms with Crippen LogP contribution in [0, 0.1) is 25.1 Å². The zero-order valence-corrected chi connectivity index (χ0v) is 15.6. The van der Waals surface area contributed by atoms with Crippen molar-refractivity contribution in [1.29, 1.82) is 0 Å². The van der Waals surface area contributed by atoms with Crippen molar-refractivity contribution >= 4 is 22.4 Å². The van der Waals surface area contributed by atoms with Crippen LogP contribution < -0.4 is 5.32 Å². The first-order chi connectivity index (χ1) is 12.6. The number of thiazole rings is 1. The minimum Gasteiger partial charge on any atom is -0.301 e. The van der Waals surface area contributed by atoms with Crippen LogP contribution in [-0.2, 0) is 11.2 Å². The number of anilines is 1. The third kappa shape index (κ3) is 4.48. The lowest BCUT2D eigenvalue weighted by Gasteiger charge is -2.32. The normalized spacial score (nSPS) is 17.7. The van der Waals surface area contributed by atoms with Crippen molar-refractivity contribution in [2.75, 3.05) is 18.4 Å². The van der Waals surface area contributed by atoms with Gasteiger partial charge in [-0.2, -0.15) is 0 Å². The summed E-state index contributed by atoms with van der Waals surface area (Å²) in [6.07, 6.45) is 10.7. The van der Waals surface area contributed by atoms with Crippen LogP contribution in [0.15, 0.2) is 24.4 Å². The minimum absolute atomic E-state index is 0.0535. The van der Waals surface area contributed by atoms with Gasteiger partial charge in [0.1, 0.15) is 5.82 Å². The second kappa shape index (κ2) is 8.43. The number of hydrogen-bond acceptors (Lipinski definition) is 4. The molecular formula is C20H22FN3OS. The SMILES string of the molecule is C#CCN1CCCCC1C(=O)Nc1ncc(Cc2ccc(C)c(F)c2)s1. The average Bonchev–Trinajstić information content (AvgIpc) is 3.06. The summed E-state index contributed by atoms with van der Waals surface area (Å²) in [6.45, 7) is 3.08. The Bertz CT molecular complexity index is 827. The minimum atomic E-state index is -0.202. The zero-order valence-electron chi connectivity index (χ0n) is 14.8. The summed E-state index contributed by atoms with van der Waals surface area (Å²) in [4.78, 5) is 19.9. The molecule has 1 aromatic heterocycles. The molecule has 4 nitrogen and oxygen atoms in total. The number of aryl methyl sites for hydroxylation is 1. The molecule has 3 rings (SSSR count). The molecule has 136 valence electrons. The number of carbonyl (C=O) groups excluding carboxylic acids is 1. The Morgan fingerprint density at radius 2 is 2.35 bits per heavy atom. The molecule has 1 saturated heterocycles. The molecule has 0 aliphatic carbocycles. The van der Waals surface area contributed by atoms with Crippen LogP contribution in [0.1, 0.15) is 35.3 Å². The largest absolute Gasteiger partial charge is 0.301 e. The van der Waals surface area contributed by atoms with E-state index in [0.29, 0.717) is 23.7 Å². The smallest absolute Gasteiger partial charge is 0.243 e. The van der Waals surface area contributed by atoms with Crippen molar-refractivity contribution in [3.63, 3.8) is 0 Å². The van der Waals surface area contributed by atoms with Gasteiger partial charge in [0, 0.05) is 17.5 Å². The van der Waals surface area contributed by atoms with Gasteiger partial charge in [-0.15, -0.1) is 17.8 Å². The van der Waals surface area contributed by atoms with Crippen LogP contribution in [0.25, 0.3) is 0 Å². The number of terminal acetylenes is 1. The van der Waals surface area contributed by atoms with Crippen molar-refractivity contribution in [3.8, 4) is 12.3 Å². The lowest BCUT2D eigenvalue weighted by Crippen LogP contribution is -2.47. The Morgan fingerprint density at radius 1 is 1.50 bits per heavy atom. The average molecular weight is 371 g/mol. The number of benzene rings is 1. The summed E-state index contributed by atoms with van der Waals surface area (Å²) in [6, 6.07) is 5.04. The van der Waals surface area contributed by atoms with E-state index in [0.717, 1.165) is 36.2 Å². The maximum absolute atomic E-state index is 13.7. The monoisotopic (exact) mass is 371 g/mol. The van der Waals surface area contributed by atoms with E-state index in [1.54, 1.807) is 25.3 Å². The van der Waals surface area contributed by atoms with E-state index >= 15 is 0 Å². The van der Waals surface area contributed by atoms with E-state index in [2.05, 4.69) is 16.2 Å². The molecule has 1 aromatic carbocycles. The van der Waals surface area contributed by atoms with Crippen molar-refractivity contribution in [1.82, 2.24) is 9.88 Å². The number of carbonyl (C=O) groups is 1. The molecule has 1 aliphatic heterocycles. The first kappa shape index (κ1) is 18.6. The molecule has 0 bridgehead atoms. The molecule has 2 aromatic rings. The van der Waals surface area contributed by atoms with E-state index in [1.165, 1.54) is 11.3 Å². The zero-order chi connectivity index (χ0) is 18.5. The van der Waals surface area contributed by atoms with Crippen LogP contribution >= 0.6 is 11.3 Å². The number of piperidine rings is 1. The molecule has 0 saturated carbocycles. The predicted octanol–water partition coefficient (Wildman–Crippen LogP) is 3.61. The fourth-order valence-electron chi connectivity index (χ4n) is 3.18. The van der Waals surface area contributed by atoms with Crippen LogP contribution in [0.3, 0.4) is 0 Å². The fourth-order valence-corrected chi connectivity index (χ4v) is 4.03. The molecule has 1 fully saturated rings. The van der Waals surface area contributed by atoms with E-state index < -0.39 is 0 Å². The van der Waals surface area contributed by atoms with Gasteiger partial charge in [0.05, 0.1) is 12.6 Å². The lowest BCUT2D eigenvalue weighted by molar-refractivity contribution is -0.122. The number of hydrogen-bond donors (Lipinski definition) is 1. The number of nitrogens with zero attached hydrogens (tertiary/aromatic N) is 2. The quantitative estimate of drug-likeness (QED) is 0.817. The molecule has 2 heterocycles. The van der Waals surface area contributed by atoms with Gasteiger partial charge in [0.25, 0.3) is 0 Å². The lowest BCUT2D eigenvalue weighted by atomic mass is 10.0. The number of likely N-dealkylation sites (tertiary alicyclic amines) is 1. The van der Waals surface area contributed by atoms with Crippen molar-refractivity contribution < 1.29 is 9.18 Å². The molecule has 1 unspecified atom stereocenters. The standard InChI is InChI=1S/C20H22FN3OS/c1-3-9-24-10-5-4-6-18(24)19(25)23-20-22-13-16(26-20)11-15-8-7-14(2)17(21)12-15/h1,7-8,12-13,18H,4-6,9-11H2,2H3,(H,22,23,25). The predicted molar refractivity (Wildman–Crippen MR) is 103 cm³/mol. The van der Waals surface area contributed by atoms with Gasteiger partial charge in [-0.05, 0) is 43.5 Å². The summed E-state index contributed by atoms with van der Waals surface area (Å²) in [5.41, 5.74) is 1.53. The second-order valence-electron chi connectivity index (χ2n) is 6.57. The van der Waals surface area contributed by atoms with Crippen molar-refractivity contribution in [2.24, 2.45) is 0 Å². The molecule has 0 spiro atoms. The van der Waals surface area contributed by atoms with E-state index in [1.807, 2.05) is 11.0 Å². The van der Waals surface area contributed by atoms with Crippen LogP contribution in [0.2, 0.25) is 0 Å². The first-order valence-electron chi connectivity index (χ1n) is 8.75. The van der Waals surface area contributed by atoms with Gasteiger partial charge in [-0.1, -0.05) is 24.5 Å². The molecule has 1 aliphatic rings. The summed E-state index contributed by atoms with van der Waals surface area (Å²) in [5, 5.41) is 3.48. The highest BCUT2D eigenvalue weighted by atomic mass is 32.1. The van der Waals surface area contributed by atoms with Crippen LogP contribution in [-0.4, -0.2) is 34.9 Å². The summed E-state index contributed by atoms with van der Waals surface area (Å²) in [5.74, 6) is 2.37. The summed E-state index contributed by atoms with van der Waals surface area (Å²) in [7, 11) is 0. The van der Waals surface area contributed by atoms with Crippen molar-refractivity contribution in [2.45, 2.75) is 38.6 Å². The molecule has 1 atom stereocenters. The van der Waals surface area contributed by atoms with Gasteiger partial charge in [0.15, 0.2) is 5.13 Å². The first-order valence-corrected chi connectivity index (χ1v) is 9.56. The maximum atomic E-state index is 13.7. The number of amides is 1. The van der Waals surface area contributed by atoms with Crippen molar-refractivity contribution in [3.05, 3.63) is 46.2 Å². The Labute approximate surface area is 157 Å². The van der Waals surface area contributed by atoms with E-state index in [-0.39, 0.29) is 17.8 Å². The number of aromatic nitrogens is 1. The topological polar surface area (TPSA) is 45.2 Å². The Morgan fingerprint density at radius 3 is 3.12 bits per heavy atom. The fraction of sp³-hybridized carbons (Fsp3) is 0.400. The Hall–Kier alpha value is -2.23. The van der Waals surface area contributed by atoms with E-state index in [9.17, 15) is 9.18 Å². The molecule has 26 heavy (non-hydrogen) atoms. The third-order valence-corrected chi connectivity index (χ3v) is 5.52. The Kier molecular flexibility index (Phi) is 6.02. The summed E-state index contributed by atoms with van der Waals surface area (Å²) < 4.78 is 13.7. The van der Waals surface area contributed by atoms with Gasteiger partial charge < -0.3 is 5.32 Å². The maximum Gasteiger partial charge on any atom is 0.243 e. The van der Waals surface area contributed by atoms with Crippen LogP contribution in [0.5, 0.6) is 0 Å². The number of nitrogens with one attached hydrogen (secondary N) is 1. The van der Waals surface area contributed by atoms with Crippen LogP contribution in [0.4, 0.5) is 9.52 Å². The highest BCUT2D eigenvalue weighted by Crippen LogP contribution is 2.24. The molecule has 0 radical (unpaired) electrons. The second-order valence-corrected chi connectivity index (χ2v) is 7.68. The van der Waals surface area contributed by atoms with Gasteiger partial charge in [-0.3, -0.25) is 9.69 Å². The third-order valence-electron chi connectivity index (χ3n) is 4.61. The number of halogens is 1. The molecule has 6 heteroatoms. The van der Waals surface area contributed by atoms with Gasteiger partial charge in [0.2, 0.25) is 5.91 Å². The highest BCUT2D eigenvalue weighted by Gasteiger charge is 2.28.